The first-order valence-corrected chi connectivity index (χ1v) is 39.1. The molecule has 0 aliphatic rings. The van der Waals surface area contributed by atoms with Crippen molar-refractivity contribution in [3.05, 3.63) is 0 Å². The molecule has 0 aromatic rings. The first-order chi connectivity index (χ1) is 42.5. The van der Waals surface area contributed by atoms with Crippen LogP contribution in [0, 0.1) is 5.92 Å². The average Bonchev–Trinajstić information content (AvgIpc) is 3.60. The SMILES string of the molecule is CCCCCCCCCCCCCCCCCCCCC(=O)O[C@H](COC(=O)CCCCCCCCCCCCCCCCCC)COP(=O)(O)OC[C@@H](O)COP(=O)(O)OC[C@@H](COC(=O)CCCCCCC)OC(=O)CCCCCCCCC(C)C. The maximum Gasteiger partial charge on any atom is 0.472 e. The van der Waals surface area contributed by atoms with Gasteiger partial charge < -0.3 is 33.8 Å². The van der Waals surface area contributed by atoms with Crippen molar-refractivity contribution in [2.75, 3.05) is 39.6 Å². The number of hydrogen-bond donors (Lipinski definition) is 3. The molecule has 0 aliphatic heterocycles. The van der Waals surface area contributed by atoms with Crippen molar-refractivity contribution >= 4 is 39.5 Å². The van der Waals surface area contributed by atoms with Crippen LogP contribution in [0.3, 0.4) is 0 Å². The minimum Gasteiger partial charge on any atom is -0.462 e. The molecule has 3 N–H and O–H groups in total. The van der Waals surface area contributed by atoms with Crippen LogP contribution in [0.2, 0.25) is 0 Å². The number of esters is 4. The Kier molecular flexibility index (Phi) is 61.1. The molecule has 0 saturated heterocycles. The minimum absolute atomic E-state index is 0.102. The Bertz CT molecular complexity index is 1700. The molecule has 0 aliphatic carbocycles. The first kappa shape index (κ1) is 86.1. The average molecular weight is 1300 g/mol. The highest BCUT2D eigenvalue weighted by Gasteiger charge is 2.30. The van der Waals surface area contributed by atoms with Crippen LogP contribution >= 0.6 is 15.6 Å². The number of unbranched alkanes of at least 4 members (excludes halogenated alkanes) is 41. The molecule has 0 amide bonds. The van der Waals surface area contributed by atoms with Crippen LogP contribution in [0.15, 0.2) is 0 Å². The second-order valence-electron chi connectivity index (χ2n) is 25.4. The monoisotopic (exact) mass is 1300 g/mol. The van der Waals surface area contributed by atoms with E-state index in [0.29, 0.717) is 31.6 Å². The van der Waals surface area contributed by atoms with Crippen LogP contribution in [0.1, 0.15) is 356 Å². The summed E-state index contributed by atoms with van der Waals surface area (Å²) >= 11 is 0. The van der Waals surface area contributed by atoms with E-state index in [9.17, 15) is 43.2 Å². The van der Waals surface area contributed by atoms with Crippen LogP contribution < -0.4 is 0 Å². The molecule has 5 atom stereocenters. The minimum atomic E-state index is -4.95. The van der Waals surface area contributed by atoms with Gasteiger partial charge in [0.25, 0.3) is 0 Å². The number of carbonyl (C=O) groups is 4. The molecule has 88 heavy (non-hydrogen) atoms. The summed E-state index contributed by atoms with van der Waals surface area (Å²) in [4.78, 5) is 72.2. The topological polar surface area (TPSA) is 237 Å². The lowest BCUT2D eigenvalue weighted by Crippen LogP contribution is -2.30. The van der Waals surface area contributed by atoms with Gasteiger partial charge in [-0.2, -0.15) is 0 Å². The molecule has 0 aromatic heterocycles. The van der Waals surface area contributed by atoms with Gasteiger partial charge in [-0.1, -0.05) is 304 Å². The Labute approximate surface area is 537 Å². The van der Waals surface area contributed by atoms with E-state index in [4.69, 9.17) is 37.0 Å². The van der Waals surface area contributed by atoms with Gasteiger partial charge in [0.15, 0.2) is 12.2 Å². The van der Waals surface area contributed by atoms with E-state index < -0.39 is 97.5 Å². The second-order valence-corrected chi connectivity index (χ2v) is 28.3. The number of phosphoric acid groups is 2. The van der Waals surface area contributed by atoms with Crippen molar-refractivity contribution < 1.29 is 80.2 Å². The summed E-state index contributed by atoms with van der Waals surface area (Å²) < 4.78 is 68.0. The molecule has 0 radical (unpaired) electrons. The molecule has 522 valence electrons. The van der Waals surface area contributed by atoms with Crippen LogP contribution in [0.5, 0.6) is 0 Å². The number of phosphoric ester groups is 2. The van der Waals surface area contributed by atoms with Gasteiger partial charge >= 0.3 is 39.5 Å². The number of ether oxygens (including phenoxy) is 4. The van der Waals surface area contributed by atoms with E-state index in [2.05, 4.69) is 34.6 Å². The summed E-state index contributed by atoms with van der Waals surface area (Å²) in [6.45, 7) is 7.06. The van der Waals surface area contributed by atoms with Gasteiger partial charge in [-0.05, 0) is 31.6 Å². The lowest BCUT2D eigenvalue weighted by Gasteiger charge is -2.21. The predicted molar refractivity (Wildman–Crippen MR) is 354 cm³/mol. The molecular formula is C69H134O17P2. The quantitative estimate of drug-likeness (QED) is 0.0222. The molecule has 0 fully saturated rings. The molecule has 0 rings (SSSR count). The van der Waals surface area contributed by atoms with Crippen LogP contribution in [0.4, 0.5) is 0 Å². The van der Waals surface area contributed by atoms with Crippen LogP contribution in [-0.2, 0) is 65.4 Å². The fourth-order valence-electron chi connectivity index (χ4n) is 10.5. The van der Waals surface area contributed by atoms with Crippen molar-refractivity contribution in [3.63, 3.8) is 0 Å². The molecule has 0 aromatic carbocycles. The van der Waals surface area contributed by atoms with E-state index in [1.165, 1.54) is 173 Å². The van der Waals surface area contributed by atoms with E-state index >= 15 is 0 Å². The highest BCUT2D eigenvalue weighted by atomic mass is 31.2. The zero-order chi connectivity index (χ0) is 64.9. The third-order valence-corrected chi connectivity index (χ3v) is 17.9. The van der Waals surface area contributed by atoms with Gasteiger partial charge in [0.2, 0.25) is 0 Å². The summed E-state index contributed by atoms with van der Waals surface area (Å²) in [7, 11) is -9.89. The number of hydrogen-bond acceptors (Lipinski definition) is 15. The summed E-state index contributed by atoms with van der Waals surface area (Å²) in [6.07, 6.45) is 49.2. The van der Waals surface area contributed by atoms with E-state index in [1.807, 2.05) is 0 Å². The molecule has 17 nitrogen and oxygen atoms in total. The maximum atomic E-state index is 13.0. The molecular weight excluding hydrogens is 1160 g/mol. The van der Waals surface area contributed by atoms with Crippen molar-refractivity contribution in [2.45, 2.75) is 374 Å². The van der Waals surface area contributed by atoms with Gasteiger partial charge in [0.1, 0.15) is 19.3 Å². The Morgan fingerprint density at radius 3 is 0.773 bits per heavy atom. The second kappa shape index (κ2) is 62.5. The van der Waals surface area contributed by atoms with Crippen molar-refractivity contribution in [1.29, 1.82) is 0 Å². The number of aliphatic hydroxyl groups excluding tert-OH is 1. The van der Waals surface area contributed by atoms with Gasteiger partial charge in [0.05, 0.1) is 26.4 Å². The zero-order valence-corrected chi connectivity index (χ0v) is 58.6. The molecule has 19 heteroatoms. The lowest BCUT2D eigenvalue weighted by molar-refractivity contribution is -0.161. The van der Waals surface area contributed by atoms with E-state index in [0.717, 1.165) is 96.3 Å². The molecule has 0 heterocycles. The Balaban J connectivity index is 5.14. The van der Waals surface area contributed by atoms with Crippen molar-refractivity contribution in [3.8, 4) is 0 Å². The number of aliphatic hydroxyl groups is 1. The molecule has 0 bridgehead atoms. The van der Waals surface area contributed by atoms with Gasteiger partial charge in [-0.3, -0.25) is 37.3 Å². The number of carbonyl (C=O) groups excluding carboxylic acids is 4. The Morgan fingerprint density at radius 1 is 0.307 bits per heavy atom. The standard InChI is InChI=1S/C69H134O17P2/c1-6-9-12-15-17-19-21-23-25-27-28-30-32-34-36-38-44-49-54-68(73)85-65(59-80-67(72)53-48-43-37-35-33-31-29-26-24-22-20-18-16-13-10-7-2)61-84-88(77,78)82-57-63(70)56-81-87(75,76)83-60-64(58-79-66(71)52-47-41-14-11-8-3)86-69(74)55-50-45-40-39-42-46-51-62(4)5/h62-65,70H,6-61H2,1-5H3,(H,75,76)(H,77,78)/t63-,64+,65+/m0/s1. The highest BCUT2D eigenvalue weighted by molar-refractivity contribution is 7.47. The Hall–Kier alpha value is -1.94. The van der Waals surface area contributed by atoms with E-state index in [-0.39, 0.29) is 25.7 Å². The fraction of sp³-hybridized carbons (Fsp3) is 0.942. The summed E-state index contributed by atoms with van der Waals surface area (Å²) in [6, 6.07) is 0. The van der Waals surface area contributed by atoms with Crippen LogP contribution in [-0.4, -0.2) is 96.7 Å². The molecule has 0 spiro atoms. The van der Waals surface area contributed by atoms with Gasteiger partial charge in [0, 0.05) is 25.7 Å². The molecule has 2 unspecified atom stereocenters. The third-order valence-electron chi connectivity index (χ3n) is 16.0. The lowest BCUT2D eigenvalue weighted by atomic mass is 10.0. The largest absolute Gasteiger partial charge is 0.472 e. The summed E-state index contributed by atoms with van der Waals surface area (Å²) in [5.41, 5.74) is 0. The first-order valence-electron chi connectivity index (χ1n) is 36.1. The highest BCUT2D eigenvalue weighted by Crippen LogP contribution is 2.45. The maximum absolute atomic E-state index is 13.0. The third kappa shape index (κ3) is 62.8. The Morgan fingerprint density at radius 2 is 0.523 bits per heavy atom. The summed E-state index contributed by atoms with van der Waals surface area (Å²) in [5.74, 6) is -1.47. The van der Waals surface area contributed by atoms with Gasteiger partial charge in [-0.25, -0.2) is 9.13 Å². The van der Waals surface area contributed by atoms with Crippen molar-refractivity contribution in [1.82, 2.24) is 0 Å². The zero-order valence-electron chi connectivity index (χ0n) is 56.9. The molecule has 0 saturated carbocycles. The smallest absolute Gasteiger partial charge is 0.462 e. The van der Waals surface area contributed by atoms with E-state index in [1.54, 1.807) is 0 Å². The normalized spacial score (nSPS) is 14.1. The van der Waals surface area contributed by atoms with Crippen molar-refractivity contribution in [2.24, 2.45) is 5.92 Å². The van der Waals surface area contributed by atoms with Gasteiger partial charge in [-0.15, -0.1) is 0 Å². The van der Waals surface area contributed by atoms with Crippen LogP contribution in [0.25, 0.3) is 0 Å². The summed E-state index contributed by atoms with van der Waals surface area (Å²) in [5, 5.41) is 10.5. The fourth-order valence-corrected chi connectivity index (χ4v) is 12.0. The predicted octanol–water partition coefficient (Wildman–Crippen LogP) is 19.7. The number of rotatable bonds is 69.